The van der Waals surface area contributed by atoms with Crippen LogP contribution in [0.15, 0.2) is 110 Å². The number of carbonyl (C=O) groups is 2. The summed E-state index contributed by atoms with van der Waals surface area (Å²) in [7, 11) is 0. The van der Waals surface area contributed by atoms with Crippen LogP contribution in [0.3, 0.4) is 0 Å². The van der Waals surface area contributed by atoms with E-state index >= 15 is 0 Å². The molecule has 10 heteroatoms. The van der Waals surface area contributed by atoms with E-state index < -0.39 is 0 Å². The summed E-state index contributed by atoms with van der Waals surface area (Å²) < 4.78 is 0. The molecule has 2 aromatic heterocycles. The van der Waals surface area contributed by atoms with Crippen molar-refractivity contribution in [2.75, 3.05) is 0 Å². The van der Waals surface area contributed by atoms with Gasteiger partial charge in [-0.05, 0) is 155 Å². The van der Waals surface area contributed by atoms with E-state index in [1.165, 1.54) is 0 Å². The average molecular weight is 800 g/mol. The maximum Gasteiger partial charge on any atom is 0.251 e. The molecule has 4 aromatic carbocycles. The number of nitrogens with zero attached hydrogens (tertiary/aromatic N) is 4. The van der Waals surface area contributed by atoms with Gasteiger partial charge in [-0.1, -0.05) is 54.4 Å². The second-order valence-corrected chi connectivity index (χ2v) is 17.2. The van der Waals surface area contributed by atoms with Crippen molar-refractivity contribution in [1.29, 1.82) is 0 Å². The van der Waals surface area contributed by atoms with Gasteiger partial charge in [-0.15, -0.1) is 0 Å². The molecule has 1 aliphatic carbocycles. The van der Waals surface area contributed by atoms with Gasteiger partial charge >= 0.3 is 0 Å². The fourth-order valence-electron chi connectivity index (χ4n) is 6.39. The molecule has 0 saturated heterocycles. The van der Waals surface area contributed by atoms with E-state index in [-0.39, 0.29) is 22.9 Å². The number of halogens is 2. The Balaban J connectivity index is 0.000000193. The van der Waals surface area contributed by atoms with E-state index in [1.54, 1.807) is 18.9 Å². The molecule has 1 saturated carbocycles. The number of nitrogens with one attached hydrogen (secondary N) is 2. The van der Waals surface area contributed by atoms with Gasteiger partial charge in [-0.25, -0.2) is 19.9 Å². The molecule has 57 heavy (non-hydrogen) atoms. The van der Waals surface area contributed by atoms with Crippen LogP contribution >= 0.6 is 23.2 Å². The summed E-state index contributed by atoms with van der Waals surface area (Å²) in [6.07, 6.45) is 9.90. The highest BCUT2D eigenvalue weighted by Crippen LogP contribution is 2.43. The van der Waals surface area contributed by atoms with Crippen LogP contribution in [0.4, 0.5) is 0 Å². The summed E-state index contributed by atoms with van der Waals surface area (Å²) >= 11 is 12.1. The van der Waals surface area contributed by atoms with E-state index in [0.29, 0.717) is 27.1 Å². The molecule has 292 valence electrons. The Morgan fingerprint density at radius 1 is 0.596 bits per heavy atom. The molecule has 0 atom stereocenters. The number of carbonyl (C=O) groups excluding carboxylic acids is 2. The molecule has 2 N–H and O–H groups in total. The molecule has 1 aliphatic rings. The first-order chi connectivity index (χ1) is 27.1. The summed E-state index contributed by atoms with van der Waals surface area (Å²) in [5.74, 6) is 0.276. The number of aromatic nitrogens is 4. The maximum atomic E-state index is 12.9. The molecular formula is C47H48Cl2N6O2. The topological polar surface area (TPSA) is 110 Å². The number of hydrogen-bond donors (Lipinski definition) is 2. The van der Waals surface area contributed by atoms with Gasteiger partial charge in [0.2, 0.25) is 0 Å². The molecule has 0 radical (unpaired) electrons. The van der Waals surface area contributed by atoms with Crippen molar-refractivity contribution in [3.05, 3.63) is 143 Å². The minimum atomic E-state index is -0.321. The van der Waals surface area contributed by atoms with E-state index in [0.717, 1.165) is 75.2 Å². The highest BCUT2D eigenvalue weighted by atomic mass is 35.5. The van der Waals surface area contributed by atoms with Crippen LogP contribution in [0.5, 0.6) is 0 Å². The Bertz CT molecular complexity index is 2380. The third kappa shape index (κ3) is 11.1. The first kappa shape index (κ1) is 41.2. The van der Waals surface area contributed by atoms with Crippen molar-refractivity contribution >= 4 is 35.0 Å². The van der Waals surface area contributed by atoms with Crippen molar-refractivity contribution in [3.63, 3.8) is 0 Å². The predicted octanol–water partition coefficient (Wildman–Crippen LogP) is 11.4. The van der Waals surface area contributed by atoms with Crippen molar-refractivity contribution in [2.24, 2.45) is 0 Å². The number of amides is 2. The molecule has 7 rings (SSSR count). The summed E-state index contributed by atoms with van der Waals surface area (Å²) in [5.41, 5.74) is 10.3. The lowest BCUT2D eigenvalue weighted by Crippen LogP contribution is -2.40. The predicted molar refractivity (Wildman–Crippen MR) is 232 cm³/mol. The van der Waals surface area contributed by atoms with Crippen LogP contribution in [0, 0.1) is 0 Å². The van der Waals surface area contributed by atoms with Gasteiger partial charge in [0.05, 0.1) is 11.4 Å². The SMILES string of the molecule is CC(C)(C)NC(=O)c1cc(-c2ccc(Cl)cc2)cc(-c2cncnc2C2CC2)c1.CCc1ncncc1-c1cc(C(=O)NC(C)(C)C)cc(-c2ccc(Cl)cc2)c1. The van der Waals surface area contributed by atoms with Gasteiger partial charge in [-0.3, -0.25) is 9.59 Å². The Kier molecular flexibility index (Phi) is 12.6. The molecule has 2 heterocycles. The van der Waals surface area contributed by atoms with Crippen LogP contribution in [-0.4, -0.2) is 42.8 Å². The molecule has 0 aliphatic heterocycles. The van der Waals surface area contributed by atoms with Crippen molar-refractivity contribution in [3.8, 4) is 44.5 Å². The summed E-state index contributed by atoms with van der Waals surface area (Å²) in [4.78, 5) is 43.2. The molecule has 0 unspecified atom stereocenters. The third-order valence-electron chi connectivity index (χ3n) is 9.18. The number of benzene rings is 4. The minimum Gasteiger partial charge on any atom is -0.347 e. The van der Waals surface area contributed by atoms with Crippen LogP contribution in [0.1, 0.15) is 99.3 Å². The van der Waals surface area contributed by atoms with Crippen LogP contribution in [0.25, 0.3) is 44.5 Å². The second kappa shape index (κ2) is 17.4. The monoisotopic (exact) mass is 798 g/mol. The lowest BCUT2D eigenvalue weighted by atomic mass is 9.94. The fraction of sp³-hybridized carbons (Fsp3) is 0.277. The van der Waals surface area contributed by atoms with E-state index in [9.17, 15) is 9.59 Å². The number of rotatable bonds is 8. The van der Waals surface area contributed by atoms with Gasteiger partial charge in [0, 0.05) is 61.7 Å². The van der Waals surface area contributed by atoms with Gasteiger partial charge in [0.15, 0.2) is 0 Å². The smallest absolute Gasteiger partial charge is 0.251 e. The van der Waals surface area contributed by atoms with Gasteiger partial charge in [-0.2, -0.15) is 0 Å². The molecule has 1 fully saturated rings. The van der Waals surface area contributed by atoms with Crippen LogP contribution < -0.4 is 10.6 Å². The summed E-state index contributed by atoms with van der Waals surface area (Å²) in [5, 5.41) is 7.46. The maximum absolute atomic E-state index is 12.9. The summed E-state index contributed by atoms with van der Waals surface area (Å²) in [6.45, 7) is 13.9. The quantitative estimate of drug-likeness (QED) is 0.159. The molecular weight excluding hydrogens is 751 g/mol. The van der Waals surface area contributed by atoms with Crippen LogP contribution in [-0.2, 0) is 6.42 Å². The Hall–Kier alpha value is -5.44. The fourth-order valence-corrected chi connectivity index (χ4v) is 6.65. The zero-order valence-corrected chi connectivity index (χ0v) is 35.0. The van der Waals surface area contributed by atoms with Gasteiger partial charge in [0.1, 0.15) is 12.7 Å². The Labute approximate surface area is 345 Å². The highest BCUT2D eigenvalue weighted by molar-refractivity contribution is 6.31. The molecule has 0 bridgehead atoms. The normalized spacial score (nSPS) is 12.6. The molecule has 6 aromatic rings. The van der Waals surface area contributed by atoms with E-state index in [1.807, 2.05) is 121 Å². The average Bonchev–Trinajstić information content (AvgIpc) is 4.03. The highest BCUT2D eigenvalue weighted by Gasteiger charge is 2.28. The molecule has 2 amide bonds. The lowest BCUT2D eigenvalue weighted by Gasteiger charge is -2.21. The zero-order valence-electron chi connectivity index (χ0n) is 33.5. The van der Waals surface area contributed by atoms with Gasteiger partial charge in [0.25, 0.3) is 11.8 Å². The number of hydrogen-bond acceptors (Lipinski definition) is 6. The second-order valence-electron chi connectivity index (χ2n) is 16.4. The molecule has 0 spiro atoms. The summed E-state index contributed by atoms with van der Waals surface area (Å²) in [6, 6.07) is 27.1. The number of aryl methyl sites for hydroxylation is 1. The minimum absolute atomic E-state index is 0.0978. The van der Waals surface area contributed by atoms with E-state index in [2.05, 4.69) is 49.6 Å². The third-order valence-corrected chi connectivity index (χ3v) is 9.69. The van der Waals surface area contributed by atoms with Crippen LogP contribution in [0.2, 0.25) is 10.0 Å². The Morgan fingerprint density at radius 2 is 1.02 bits per heavy atom. The first-order valence-electron chi connectivity index (χ1n) is 19.1. The zero-order chi connectivity index (χ0) is 40.9. The van der Waals surface area contributed by atoms with Crippen molar-refractivity contribution in [2.45, 2.75) is 84.7 Å². The largest absolute Gasteiger partial charge is 0.347 e. The van der Waals surface area contributed by atoms with E-state index in [4.69, 9.17) is 23.2 Å². The molecule has 8 nitrogen and oxygen atoms in total. The Morgan fingerprint density at radius 3 is 1.46 bits per heavy atom. The van der Waals surface area contributed by atoms with Crippen molar-refractivity contribution < 1.29 is 9.59 Å². The van der Waals surface area contributed by atoms with Crippen molar-refractivity contribution in [1.82, 2.24) is 30.6 Å². The first-order valence-corrected chi connectivity index (χ1v) is 19.9. The lowest BCUT2D eigenvalue weighted by molar-refractivity contribution is 0.0910. The van der Waals surface area contributed by atoms with Gasteiger partial charge < -0.3 is 10.6 Å². The standard InChI is InChI=1S/C24H24ClN3O.C23H24ClN3O/c1-24(2,3)28-23(29)19-11-17(15-6-8-20(25)9-7-15)10-18(12-19)21-13-26-14-27-22(21)16-4-5-16;1-5-21-20(13-25-14-26-21)17-10-16(15-6-8-19(24)9-7-15)11-18(12-17)22(28)27-23(2,3)4/h6-14,16H,4-5H2,1-3H3,(H,28,29);6-14H,5H2,1-4H3,(H,27,28).